The fourth-order valence-corrected chi connectivity index (χ4v) is 2.80. The third kappa shape index (κ3) is 2.65. The van der Waals surface area contributed by atoms with E-state index in [4.69, 9.17) is 5.73 Å². The number of carbonyl (C=O) groups is 1. The average molecular weight is 262 g/mol. The van der Waals surface area contributed by atoms with Gasteiger partial charge in [0.05, 0.1) is 5.60 Å². The van der Waals surface area contributed by atoms with E-state index in [1.54, 1.807) is 11.8 Å². The molecule has 0 saturated heterocycles. The summed E-state index contributed by atoms with van der Waals surface area (Å²) in [4.78, 5) is 13.6. The summed E-state index contributed by atoms with van der Waals surface area (Å²) in [6.45, 7) is 6.33. The molecule has 1 amide bonds. The highest BCUT2D eigenvalue weighted by atomic mass is 16.3. The Morgan fingerprint density at radius 3 is 2.74 bits per heavy atom. The van der Waals surface area contributed by atoms with Crippen molar-refractivity contribution in [2.75, 3.05) is 18.0 Å². The third-order valence-corrected chi connectivity index (χ3v) is 3.95. The first-order valence-corrected chi connectivity index (χ1v) is 6.67. The average Bonchev–Trinajstić information content (AvgIpc) is 2.47. The minimum absolute atomic E-state index is 0.00696. The summed E-state index contributed by atoms with van der Waals surface area (Å²) >= 11 is 0. The van der Waals surface area contributed by atoms with Crippen LogP contribution in [0.2, 0.25) is 0 Å². The lowest BCUT2D eigenvalue weighted by molar-refractivity contribution is -0.116. The van der Waals surface area contributed by atoms with Crippen molar-refractivity contribution in [1.82, 2.24) is 0 Å². The lowest BCUT2D eigenvalue weighted by Gasteiger charge is -2.25. The van der Waals surface area contributed by atoms with Crippen molar-refractivity contribution in [1.29, 1.82) is 0 Å². The normalized spacial score (nSPS) is 22.9. The summed E-state index contributed by atoms with van der Waals surface area (Å²) < 4.78 is 0. The van der Waals surface area contributed by atoms with Crippen LogP contribution in [0.25, 0.3) is 0 Å². The number of aliphatic hydroxyl groups is 1. The van der Waals surface area contributed by atoms with Crippen LogP contribution in [-0.4, -0.2) is 29.7 Å². The second kappa shape index (κ2) is 4.94. The second-order valence-electron chi connectivity index (χ2n) is 5.61. The smallest absolute Gasteiger partial charge is 0.223 e. The molecule has 4 heteroatoms. The highest BCUT2D eigenvalue weighted by molar-refractivity contribution is 5.93. The van der Waals surface area contributed by atoms with Crippen LogP contribution in [0.5, 0.6) is 0 Å². The summed E-state index contributed by atoms with van der Waals surface area (Å²) in [6.07, 6.45) is 1.02. The van der Waals surface area contributed by atoms with E-state index in [2.05, 4.69) is 6.07 Å². The Morgan fingerprint density at radius 1 is 1.47 bits per heavy atom. The van der Waals surface area contributed by atoms with Gasteiger partial charge >= 0.3 is 0 Å². The highest BCUT2D eigenvalue weighted by Crippen LogP contribution is 2.34. The molecule has 104 valence electrons. The number of rotatable bonds is 1. The van der Waals surface area contributed by atoms with Crippen LogP contribution in [0.15, 0.2) is 12.1 Å². The zero-order valence-electron chi connectivity index (χ0n) is 11.9. The van der Waals surface area contributed by atoms with Gasteiger partial charge in [-0.2, -0.15) is 0 Å². The highest BCUT2D eigenvalue weighted by Gasteiger charge is 2.33. The number of nitrogens with zero attached hydrogens (tertiary/aromatic N) is 1. The zero-order valence-corrected chi connectivity index (χ0v) is 11.9. The molecule has 0 aromatic heterocycles. The molecule has 4 nitrogen and oxygen atoms in total. The third-order valence-electron chi connectivity index (χ3n) is 3.95. The number of fused-ring (bicyclic) bond motifs is 1. The van der Waals surface area contributed by atoms with E-state index in [9.17, 15) is 9.90 Å². The minimum atomic E-state index is -0.918. The predicted octanol–water partition coefficient (Wildman–Crippen LogP) is 1.29. The molecule has 1 atom stereocenters. The topological polar surface area (TPSA) is 66.6 Å². The maximum Gasteiger partial charge on any atom is 0.223 e. The Hall–Kier alpha value is -1.39. The van der Waals surface area contributed by atoms with Gasteiger partial charge in [0, 0.05) is 32.1 Å². The first-order chi connectivity index (χ1) is 8.86. The van der Waals surface area contributed by atoms with Gasteiger partial charge in [-0.1, -0.05) is 6.07 Å². The molecule has 1 unspecified atom stereocenters. The second-order valence-corrected chi connectivity index (χ2v) is 5.61. The molecule has 0 aliphatic carbocycles. The van der Waals surface area contributed by atoms with Crippen molar-refractivity contribution in [3.8, 4) is 0 Å². The van der Waals surface area contributed by atoms with Crippen LogP contribution in [-0.2, 0) is 11.2 Å². The number of hydrogen-bond acceptors (Lipinski definition) is 3. The van der Waals surface area contributed by atoms with Crippen LogP contribution >= 0.6 is 0 Å². The Balaban J connectivity index is 2.58. The van der Waals surface area contributed by atoms with Gasteiger partial charge in [-0.05, 0) is 43.0 Å². The Labute approximate surface area is 114 Å². The van der Waals surface area contributed by atoms with Crippen molar-refractivity contribution in [2.45, 2.75) is 39.2 Å². The van der Waals surface area contributed by atoms with E-state index < -0.39 is 5.60 Å². The van der Waals surface area contributed by atoms with Gasteiger partial charge in [0.1, 0.15) is 0 Å². The van der Waals surface area contributed by atoms with Gasteiger partial charge in [-0.15, -0.1) is 0 Å². The van der Waals surface area contributed by atoms with E-state index in [1.165, 1.54) is 0 Å². The molecule has 3 N–H and O–H groups in total. The van der Waals surface area contributed by atoms with Crippen molar-refractivity contribution < 1.29 is 9.90 Å². The molecule has 2 rings (SSSR count). The van der Waals surface area contributed by atoms with Crippen molar-refractivity contribution >= 4 is 11.6 Å². The molecular weight excluding hydrogens is 240 g/mol. The fraction of sp³-hybridized carbons (Fsp3) is 0.533. The van der Waals surface area contributed by atoms with Gasteiger partial charge in [0.15, 0.2) is 0 Å². The molecule has 0 radical (unpaired) electrons. The Kier molecular flexibility index (Phi) is 3.65. The van der Waals surface area contributed by atoms with Crippen LogP contribution < -0.4 is 10.6 Å². The minimum Gasteiger partial charge on any atom is -0.388 e. The van der Waals surface area contributed by atoms with E-state index in [1.807, 2.05) is 19.9 Å². The van der Waals surface area contributed by atoms with Gasteiger partial charge in [0.25, 0.3) is 0 Å². The molecule has 1 aliphatic heterocycles. The summed E-state index contributed by atoms with van der Waals surface area (Å²) in [5.41, 5.74) is 8.99. The number of nitrogens with two attached hydrogens (primary N) is 1. The molecule has 1 aromatic carbocycles. The molecular formula is C15H22N2O2. The molecule has 1 aromatic rings. The molecule has 0 spiro atoms. The van der Waals surface area contributed by atoms with Crippen molar-refractivity contribution in [3.05, 3.63) is 28.8 Å². The SMILES string of the molecule is CC(=O)N1CCC(O)(CN)Cc2c(C)cc(C)cc21. The Morgan fingerprint density at radius 2 is 2.16 bits per heavy atom. The van der Waals surface area contributed by atoms with E-state index >= 15 is 0 Å². The number of amides is 1. The molecule has 1 heterocycles. The zero-order chi connectivity index (χ0) is 14.2. The Bertz CT molecular complexity index is 513. The number of hydrogen-bond donors (Lipinski definition) is 2. The quantitative estimate of drug-likeness (QED) is 0.801. The maximum atomic E-state index is 11.8. The van der Waals surface area contributed by atoms with Crippen molar-refractivity contribution in [2.24, 2.45) is 5.73 Å². The predicted molar refractivity (Wildman–Crippen MR) is 76.3 cm³/mol. The van der Waals surface area contributed by atoms with E-state index in [0.717, 1.165) is 22.4 Å². The lowest BCUT2D eigenvalue weighted by Crippen LogP contribution is -2.41. The summed E-state index contributed by atoms with van der Waals surface area (Å²) in [5.74, 6) is 0.00696. The molecule has 0 saturated carbocycles. The fourth-order valence-electron chi connectivity index (χ4n) is 2.80. The number of carbonyl (C=O) groups excluding carboxylic acids is 1. The molecule has 1 aliphatic rings. The molecule has 0 bridgehead atoms. The first-order valence-electron chi connectivity index (χ1n) is 6.67. The summed E-state index contributed by atoms with van der Waals surface area (Å²) in [7, 11) is 0. The summed E-state index contributed by atoms with van der Waals surface area (Å²) in [6, 6.07) is 4.10. The number of anilines is 1. The van der Waals surface area contributed by atoms with Crippen LogP contribution in [0.3, 0.4) is 0 Å². The first kappa shape index (κ1) is 14.0. The number of aryl methyl sites for hydroxylation is 2. The van der Waals surface area contributed by atoms with Crippen LogP contribution in [0.4, 0.5) is 5.69 Å². The standard InChI is InChI=1S/C15H22N2O2/c1-10-6-11(2)13-8-15(19,9-16)4-5-17(12(3)18)14(13)7-10/h6-7,19H,4-5,8-9,16H2,1-3H3. The number of benzene rings is 1. The van der Waals surface area contributed by atoms with Crippen molar-refractivity contribution in [3.63, 3.8) is 0 Å². The monoisotopic (exact) mass is 262 g/mol. The van der Waals surface area contributed by atoms with Gasteiger partial charge in [-0.3, -0.25) is 4.79 Å². The largest absolute Gasteiger partial charge is 0.388 e. The maximum absolute atomic E-state index is 11.8. The van der Waals surface area contributed by atoms with Crippen LogP contribution in [0, 0.1) is 13.8 Å². The van der Waals surface area contributed by atoms with Gasteiger partial charge in [-0.25, -0.2) is 0 Å². The van der Waals surface area contributed by atoms with Crippen LogP contribution in [0.1, 0.15) is 30.0 Å². The van der Waals surface area contributed by atoms with Gasteiger partial charge < -0.3 is 15.7 Å². The molecule has 19 heavy (non-hydrogen) atoms. The summed E-state index contributed by atoms with van der Waals surface area (Å²) in [5, 5.41) is 10.5. The van der Waals surface area contributed by atoms with E-state index in [0.29, 0.717) is 19.4 Å². The molecule has 0 fully saturated rings. The lowest BCUT2D eigenvalue weighted by atomic mass is 9.89. The van der Waals surface area contributed by atoms with Gasteiger partial charge in [0.2, 0.25) is 5.91 Å². The van der Waals surface area contributed by atoms with E-state index in [-0.39, 0.29) is 12.5 Å².